The maximum absolute atomic E-state index is 11.6. The Hall–Kier alpha value is -4.29. The summed E-state index contributed by atoms with van der Waals surface area (Å²) < 4.78 is 31.9. The molecule has 1 fully saturated rings. The van der Waals surface area contributed by atoms with Crippen molar-refractivity contribution in [3.63, 3.8) is 0 Å². The SMILES string of the molecule is CS(=O)(=O)Nc1ccc(N2C(=S)N[C@H](c3ccccn3)[C@@H]2c2ccc(-c3cccc([N+](=O)[O-])c3)o2)cc1. The molecule has 10 nitrogen and oxygen atoms in total. The second kappa shape index (κ2) is 9.64. The van der Waals surface area contributed by atoms with E-state index in [4.69, 9.17) is 16.6 Å². The molecule has 2 N–H and O–H groups in total. The van der Waals surface area contributed by atoms with E-state index in [1.165, 1.54) is 12.1 Å². The van der Waals surface area contributed by atoms with Crippen LogP contribution in [-0.4, -0.2) is 29.7 Å². The molecular weight excluding hydrogens is 514 g/mol. The molecule has 0 spiro atoms. The summed E-state index contributed by atoms with van der Waals surface area (Å²) in [4.78, 5) is 17.2. The van der Waals surface area contributed by atoms with E-state index in [-0.39, 0.29) is 11.7 Å². The molecule has 5 rings (SSSR count). The van der Waals surface area contributed by atoms with Gasteiger partial charge >= 0.3 is 0 Å². The van der Waals surface area contributed by atoms with Gasteiger partial charge in [0.15, 0.2) is 5.11 Å². The van der Waals surface area contributed by atoms with Crippen molar-refractivity contribution in [2.75, 3.05) is 15.9 Å². The van der Waals surface area contributed by atoms with Gasteiger partial charge in [-0.3, -0.25) is 19.8 Å². The van der Waals surface area contributed by atoms with Crippen molar-refractivity contribution in [1.29, 1.82) is 0 Å². The molecule has 2 aromatic carbocycles. The molecule has 0 bridgehead atoms. The van der Waals surface area contributed by atoms with Crippen LogP contribution in [0.1, 0.15) is 23.5 Å². The molecule has 1 saturated heterocycles. The number of nitrogens with one attached hydrogen (secondary N) is 2. The molecule has 0 aliphatic carbocycles. The molecule has 2 aromatic heterocycles. The smallest absolute Gasteiger partial charge is 0.270 e. The normalized spacial score (nSPS) is 17.4. The van der Waals surface area contributed by atoms with Crippen LogP contribution in [0.4, 0.5) is 17.1 Å². The number of non-ortho nitro benzene ring substituents is 1. The second-order valence-electron chi connectivity index (χ2n) is 8.43. The number of anilines is 2. The van der Waals surface area contributed by atoms with Crippen LogP contribution in [0.5, 0.6) is 0 Å². The van der Waals surface area contributed by atoms with Crippen molar-refractivity contribution < 1.29 is 17.8 Å². The highest BCUT2D eigenvalue weighted by Gasteiger charge is 2.42. The van der Waals surface area contributed by atoms with E-state index in [0.29, 0.717) is 33.6 Å². The number of aromatic nitrogens is 1. The zero-order valence-corrected chi connectivity index (χ0v) is 21.1. The van der Waals surface area contributed by atoms with E-state index in [1.807, 2.05) is 29.2 Å². The number of pyridine rings is 1. The molecule has 0 amide bonds. The molecule has 4 aromatic rings. The summed E-state index contributed by atoms with van der Waals surface area (Å²) in [6.45, 7) is 0. The van der Waals surface area contributed by atoms with Gasteiger partial charge in [-0.15, -0.1) is 0 Å². The lowest BCUT2D eigenvalue weighted by molar-refractivity contribution is -0.384. The highest BCUT2D eigenvalue weighted by atomic mass is 32.2. The van der Waals surface area contributed by atoms with Crippen LogP contribution in [-0.2, 0) is 10.0 Å². The molecule has 0 radical (unpaired) electrons. The Balaban J connectivity index is 1.55. The zero-order chi connectivity index (χ0) is 26.2. The van der Waals surface area contributed by atoms with Gasteiger partial charge in [0.1, 0.15) is 17.6 Å². The number of rotatable bonds is 7. The van der Waals surface area contributed by atoms with E-state index in [1.54, 1.807) is 48.7 Å². The predicted octanol–water partition coefficient (Wildman–Crippen LogP) is 4.80. The third-order valence-electron chi connectivity index (χ3n) is 5.81. The number of hydrogen-bond donors (Lipinski definition) is 2. The van der Waals surface area contributed by atoms with Crippen LogP contribution >= 0.6 is 12.2 Å². The number of nitro benzene ring substituents is 1. The topological polar surface area (TPSA) is 131 Å². The fraction of sp³-hybridized carbons (Fsp3) is 0.120. The third-order valence-corrected chi connectivity index (χ3v) is 6.73. The molecule has 3 heterocycles. The van der Waals surface area contributed by atoms with Gasteiger partial charge in [0.2, 0.25) is 10.0 Å². The summed E-state index contributed by atoms with van der Waals surface area (Å²) in [5, 5.41) is 15.0. The van der Waals surface area contributed by atoms with Crippen molar-refractivity contribution in [3.8, 4) is 11.3 Å². The summed E-state index contributed by atoms with van der Waals surface area (Å²) in [5.74, 6) is 1.05. The zero-order valence-electron chi connectivity index (χ0n) is 19.4. The lowest BCUT2D eigenvalue weighted by atomic mass is 10.0. The molecule has 188 valence electrons. The van der Waals surface area contributed by atoms with Crippen LogP contribution in [0.15, 0.2) is 89.5 Å². The molecule has 0 saturated carbocycles. The van der Waals surface area contributed by atoms with E-state index in [9.17, 15) is 18.5 Å². The minimum Gasteiger partial charge on any atom is -0.459 e. The Bertz CT molecular complexity index is 1570. The van der Waals surface area contributed by atoms with Crippen molar-refractivity contribution in [2.45, 2.75) is 12.1 Å². The Morgan fingerprint density at radius 3 is 2.54 bits per heavy atom. The van der Waals surface area contributed by atoms with E-state index in [2.05, 4.69) is 15.0 Å². The summed E-state index contributed by atoms with van der Waals surface area (Å²) in [5.41, 5.74) is 2.43. The monoisotopic (exact) mass is 535 g/mol. The summed E-state index contributed by atoms with van der Waals surface area (Å²) in [6, 6.07) is 21.5. The third kappa shape index (κ3) is 5.15. The first-order chi connectivity index (χ1) is 17.7. The molecule has 12 heteroatoms. The van der Waals surface area contributed by atoms with E-state index < -0.39 is 21.0 Å². The van der Waals surface area contributed by atoms with Crippen molar-refractivity contribution >= 4 is 44.4 Å². The van der Waals surface area contributed by atoms with Crippen molar-refractivity contribution in [3.05, 3.63) is 107 Å². The molecule has 0 unspecified atom stereocenters. The lowest BCUT2D eigenvalue weighted by Crippen LogP contribution is -2.29. The first-order valence-corrected chi connectivity index (χ1v) is 13.4. The van der Waals surface area contributed by atoms with Gasteiger partial charge in [-0.2, -0.15) is 0 Å². The van der Waals surface area contributed by atoms with Crippen LogP contribution in [0, 0.1) is 10.1 Å². The maximum atomic E-state index is 11.6. The minimum atomic E-state index is -3.42. The van der Waals surface area contributed by atoms with Crippen molar-refractivity contribution in [2.24, 2.45) is 0 Å². The minimum absolute atomic E-state index is 0.0325. The van der Waals surface area contributed by atoms with Crippen molar-refractivity contribution in [1.82, 2.24) is 10.3 Å². The first kappa shape index (κ1) is 24.4. The van der Waals surface area contributed by atoms with E-state index >= 15 is 0 Å². The Labute approximate surface area is 218 Å². The van der Waals surface area contributed by atoms with Crippen LogP contribution in [0.3, 0.4) is 0 Å². The second-order valence-corrected chi connectivity index (χ2v) is 10.6. The summed E-state index contributed by atoms with van der Waals surface area (Å²) in [7, 11) is -3.42. The molecular formula is C25H21N5O5S2. The Morgan fingerprint density at radius 1 is 1.08 bits per heavy atom. The average molecular weight is 536 g/mol. The van der Waals surface area contributed by atoms with Gasteiger partial charge in [-0.25, -0.2) is 8.42 Å². The number of thiocarbonyl (C=S) groups is 1. The quantitative estimate of drug-likeness (QED) is 0.195. The molecule has 1 aliphatic rings. The maximum Gasteiger partial charge on any atom is 0.270 e. The predicted molar refractivity (Wildman–Crippen MR) is 144 cm³/mol. The number of benzene rings is 2. The van der Waals surface area contributed by atoms with Gasteiger partial charge in [0.25, 0.3) is 5.69 Å². The van der Waals surface area contributed by atoms with Crippen LogP contribution in [0.2, 0.25) is 0 Å². The lowest BCUT2D eigenvalue weighted by Gasteiger charge is -2.26. The number of nitro groups is 1. The molecule has 1 aliphatic heterocycles. The summed E-state index contributed by atoms with van der Waals surface area (Å²) in [6.07, 6.45) is 2.78. The number of furan rings is 1. The highest BCUT2D eigenvalue weighted by Crippen LogP contribution is 2.43. The van der Waals surface area contributed by atoms with E-state index in [0.717, 1.165) is 11.9 Å². The average Bonchev–Trinajstić information content (AvgIpc) is 3.49. The Kier molecular flexibility index (Phi) is 6.36. The fourth-order valence-electron chi connectivity index (χ4n) is 4.27. The van der Waals surface area contributed by atoms with Gasteiger partial charge in [0.05, 0.1) is 22.9 Å². The number of nitrogens with zero attached hydrogens (tertiary/aromatic N) is 3. The molecule has 2 atom stereocenters. The number of sulfonamides is 1. The summed E-state index contributed by atoms with van der Waals surface area (Å²) >= 11 is 5.70. The first-order valence-electron chi connectivity index (χ1n) is 11.1. The number of hydrogen-bond acceptors (Lipinski definition) is 7. The van der Waals surface area contributed by atoms with Gasteiger partial charge in [0, 0.05) is 35.3 Å². The van der Waals surface area contributed by atoms with Gasteiger partial charge in [-0.05, 0) is 60.7 Å². The molecule has 37 heavy (non-hydrogen) atoms. The largest absolute Gasteiger partial charge is 0.459 e. The van der Waals surface area contributed by atoms with Crippen LogP contribution in [0.25, 0.3) is 11.3 Å². The van der Waals surface area contributed by atoms with Gasteiger partial charge in [-0.1, -0.05) is 18.2 Å². The standard InChI is InChI=1S/C25H21N5O5S2/c1-37(33,34)28-17-8-10-18(11-9-17)29-24(23(27-25(29)36)20-7-2-3-14-26-20)22-13-12-21(35-22)16-5-4-6-19(15-16)30(31)32/h2-15,23-24,28H,1H3,(H,27,36)/t23-,24+/m1/s1. The Morgan fingerprint density at radius 2 is 1.86 bits per heavy atom. The fourth-order valence-corrected chi connectivity index (χ4v) is 5.18. The highest BCUT2D eigenvalue weighted by molar-refractivity contribution is 7.92. The van der Waals surface area contributed by atoms with Crippen LogP contribution < -0.4 is 14.9 Å². The van der Waals surface area contributed by atoms with Gasteiger partial charge < -0.3 is 14.6 Å².